The van der Waals surface area contributed by atoms with Gasteiger partial charge in [0.15, 0.2) is 0 Å². The first-order valence-corrected chi connectivity index (χ1v) is 4.53. The van der Waals surface area contributed by atoms with Crippen LogP contribution in [0.4, 0.5) is 4.79 Å². The molecule has 0 heterocycles. The molecule has 1 fully saturated rings. The number of hydrogen-bond donors (Lipinski definition) is 2. The molecule has 1 aliphatic carbocycles. The van der Waals surface area contributed by atoms with Crippen LogP contribution in [0.3, 0.4) is 0 Å². The summed E-state index contributed by atoms with van der Waals surface area (Å²) in [7, 11) is 0. The summed E-state index contributed by atoms with van der Waals surface area (Å²) in [6.07, 6.45) is 0.462. The van der Waals surface area contributed by atoms with Gasteiger partial charge in [-0.3, -0.25) is 0 Å². The predicted molar refractivity (Wildman–Crippen MR) is 48.4 cm³/mol. The van der Waals surface area contributed by atoms with Crippen molar-refractivity contribution in [3.05, 3.63) is 0 Å². The van der Waals surface area contributed by atoms with E-state index in [2.05, 4.69) is 5.32 Å². The Labute approximate surface area is 78.3 Å². The van der Waals surface area contributed by atoms with E-state index in [-0.39, 0.29) is 18.6 Å². The van der Waals surface area contributed by atoms with Crippen LogP contribution in [0.2, 0.25) is 0 Å². The summed E-state index contributed by atoms with van der Waals surface area (Å²) in [6, 6.07) is 0.111. The summed E-state index contributed by atoms with van der Waals surface area (Å²) in [4.78, 5) is 11.2. The topological polar surface area (TPSA) is 58.6 Å². The second kappa shape index (κ2) is 3.54. The lowest BCUT2D eigenvalue weighted by Crippen LogP contribution is -2.34. The van der Waals surface area contributed by atoms with Crippen molar-refractivity contribution in [2.24, 2.45) is 5.92 Å². The lowest BCUT2D eigenvalue weighted by Gasteiger charge is -2.19. The van der Waals surface area contributed by atoms with Crippen LogP contribution < -0.4 is 5.32 Å². The molecule has 13 heavy (non-hydrogen) atoms. The zero-order valence-electron chi connectivity index (χ0n) is 8.33. The quantitative estimate of drug-likeness (QED) is 0.675. The number of alkyl carbamates (subject to hydrolysis) is 1. The summed E-state index contributed by atoms with van der Waals surface area (Å²) >= 11 is 0. The fourth-order valence-electron chi connectivity index (χ4n) is 1.09. The van der Waals surface area contributed by atoms with Crippen LogP contribution in [-0.4, -0.2) is 29.4 Å². The number of carbonyl (C=O) groups is 1. The zero-order chi connectivity index (χ0) is 10.1. The molecule has 2 atom stereocenters. The minimum Gasteiger partial charge on any atom is -0.444 e. The zero-order valence-corrected chi connectivity index (χ0v) is 8.33. The van der Waals surface area contributed by atoms with Crippen LogP contribution in [0.25, 0.3) is 0 Å². The fraction of sp³-hybridized carbons (Fsp3) is 0.889. The van der Waals surface area contributed by atoms with Gasteiger partial charge in [-0.2, -0.15) is 0 Å². The Morgan fingerprint density at radius 1 is 1.62 bits per heavy atom. The number of aliphatic hydroxyl groups excluding tert-OH is 1. The van der Waals surface area contributed by atoms with Crippen molar-refractivity contribution in [1.82, 2.24) is 5.32 Å². The van der Waals surface area contributed by atoms with Crippen LogP contribution in [0, 0.1) is 5.92 Å². The molecule has 0 radical (unpaired) electrons. The molecule has 76 valence electrons. The minimum atomic E-state index is -0.451. The van der Waals surface area contributed by atoms with E-state index in [0.29, 0.717) is 0 Å². The largest absolute Gasteiger partial charge is 0.444 e. The molecule has 0 aromatic heterocycles. The van der Waals surface area contributed by atoms with E-state index < -0.39 is 11.7 Å². The molecule has 2 N–H and O–H groups in total. The SMILES string of the molecule is CC(C)(C)OC(=O)NC1CC1CO. The van der Waals surface area contributed by atoms with Crippen molar-refractivity contribution >= 4 is 6.09 Å². The third-order valence-electron chi connectivity index (χ3n) is 1.86. The van der Waals surface area contributed by atoms with Gasteiger partial charge in [0.25, 0.3) is 0 Å². The molecule has 0 aromatic rings. The minimum absolute atomic E-state index is 0.111. The molecular weight excluding hydrogens is 170 g/mol. The average Bonchev–Trinajstić information content (AvgIpc) is 2.62. The maximum Gasteiger partial charge on any atom is 0.407 e. The Bertz CT molecular complexity index is 198. The van der Waals surface area contributed by atoms with E-state index in [9.17, 15) is 4.79 Å². The highest BCUT2D eigenvalue weighted by Gasteiger charge is 2.38. The average molecular weight is 187 g/mol. The second-order valence-electron chi connectivity index (χ2n) is 4.43. The Kier molecular flexibility index (Phi) is 2.81. The van der Waals surface area contributed by atoms with Gasteiger partial charge < -0.3 is 15.2 Å². The van der Waals surface area contributed by atoms with Crippen molar-refractivity contribution in [2.75, 3.05) is 6.61 Å². The van der Waals surface area contributed by atoms with E-state index in [1.54, 1.807) is 0 Å². The van der Waals surface area contributed by atoms with Gasteiger partial charge in [-0.05, 0) is 27.2 Å². The number of rotatable bonds is 2. The highest BCUT2D eigenvalue weighted by atomic mass is 16.6. The number of carbonyl (C=O) groups excluding carboxylic acids is 1. The summed E-state index contributed by atoms with van der Waals surface area (Å²) in [5, 5.41) is 11.4. The van der Waals surface area contributed by atoms with Crippen molar-refractivity contribution in [3.63, 3.8) is 0 Å². The summed E-state index contributed by atoms with van der Waals surface area (Å²) in [5.74, 6) is 0.229. The van der Waals surface area contributed by atoms with E-state index in [4.69, 9.17) is 9.84 Å². The van der Waals surface area contributed by atoms with Gasteiger partial charge in [-0.15, -0.1) is 0 Å². The number of nitrogens with one attached hydrogen (secondary N) is 1. The number of hydrogen-bond acceptors (Lipinski definition) is 3. The first kappa shape index (κ1) is 10.3. The van der Waals surface area contributed by atoms with Gasteiger partial charge >= 0.3 is 6.09 Å². The van der Waals surface area contributed by atoms with Crippen LogP contribution in [0.5, 0.6) is 0 Å². The lowest BCUT2D eigenvalue weighted by molar-refractivity contribution is 0.0519. The molecule has 4 heteroatoms. The highest BCUT2D eigenvalue weighted by molar-refractivity contribution is 5.68. The van der Waals surface area contributed by atoms with Crippen molar-refractivity contribution in [3.8, 4) is 0 Å². The Morgan fingerprint density at radius 2 is 2.23 bits per heavy atom. The standard InChI is InChI=1S/C9H17NO3/c1-9(2,3)13-8(12)10-7-4-6(7)5-11/h6-7,11H,4-5H2,1-3H3,(H,10,12). The monoisotopic (exact) mass is 187 g/mol. The molecule has 0 aromatic carbocycles. The molecule has 1 rings (SSSR count). The summed E-state index contributed by atoms with van der Waals surface area (Å²) in [6.45, 7) is 5.61. The smallest absolute Gasteiger partial charge is 0.407 e. The van der Waals surface area contributed by atoms with Gasteiger partial charge in [0.2, 0.25) is 0 Å². The Balaban J connectivity index is 2.20. The van der Waals surface area contributed by atoms with Crippen LogP contribution in [0.1, 0.15) is 27.2 Å². The Hall–Kier alpha value is -0.770. The maximum absolute atomic E-state index is 11.2. The molecular formula is C9H17NO3. The molecule has 1 aliphatic rings. The molecule has 0 saturated heterocycles. The number of amides is 1. The normalized spacial score (nSPS) is 26.8. The summed E-state index contributed by atoms with van der Waals surface area (Å²) in [5.41, 5.74) is -0.451. The molecule has 4 nitrogen and oxygen atoms in total. The molecule has 0 spiro atoms. The first-order valence-electron chi connectivity index (χ1n) is 4.53. The third-order valence-corrected chi connectivity index (χ3v) is 1.86. The van der Waals surface area contributed by atoms with Crippen molar-refractivity contribution in [1.29, 1.82) is 0 Å². The molecule has 2 unspecified atom stereocenters. The van der Waals surface area contributed by atoms with E-state index >= 15 is 0 Å². The van der Waals surface area contributed by atoms with E-state index in [0.717, 1.165) is 6.42 Å². The van der Waals surface area contributed by atoms with E-state index in [1.807, 2.05) is 20.8 Å². The number of ether oxygens (including phenoxy) is 1. The lowest BCUT2D eigenvalue weighted by atomic mass is 10.2. The predicted octanol–water partition coefficient (Wildman–Crippen LogP) is 0.892. The van der Waals surface area contributed by atoms with Gasteiger partial charge in [-0.1, -0.05) is 0 Å². The number of aliphatic hydroxyl groups is 1. The second-order valence-corrected chi connectivity index (χ2v) is 4.43. The molecule has 0 bridgehead atoms. The van der Waals surface area contributed by atoms with Crippen LogP contribution in [-0.2, 0) is 4.74 Å². The van der Waals surface area contributed by atoms with E-state index in [1.165, 1.54) is 0 Å². The van der Waals surface area contributed by atoms with Crippen LogP contribution >= 0.6 is 0 Å². The molecule has 0 aliphatic heterocycles. The van der Waals surface area contributed by atoms with Gasteiger partial charge in [0.05, 0.1) is 0 Å². The van der Waals surface area contributed by atoms with Crippen molar-refractivity contribution in [2.45, 2.75) is 38.8 Å². The van der Waals surface area contributed by atoms with Gasteiger partial charge in [-0.25, -0.2) is 4.79 Å². The van der Waals surface area contributed by atoms with Crippen LogP contribution in [0.15, 0.2) is 0 Å². The van der Waals surface area contributed by atoms with Crippen molar-refractivity contribution < 1.29 is 14.6 Å². The summed E-state index contributed by atoms with van der Waals surface area (Å²) < 4.78 is 5.05. The first-order chi connectivity index (χ1) is 5.92. The fourth-order valence-corrected chi connectivity index (χ4v) is 1.09. The molecule has 1 amide bonds. The maximum atomic E-state index is 11.2. The van der Waals surface area contributed by atoms with Gasteiger partial charge in [0, 0.05) is 18.6 Å². The highest BCUT2D eigenvalue weighted by Crippen LogP contribution is 2.29. The molecule has 1 saturated carbocycles. The third kappa shape index (κ3) is 3.63. The van der Waals surface area contributed by atoms with Gasteiger partial charge in [0.1, 0.15) is 5.60 Å². The Morgan fingerprint density at radius 3 is 2.62 bits per heavy atom.